The van der Waals surface area contributed by atoms with Gasteiger partial charge < -0.3 is 20.1 Å². The van der Waals surface area contributed by atoms with Crippen molar-refractivity contribution in [2.45, 2.75) is 57.5 Å². The highest BCUT2D eigenvalue weighted by Crippen LogP contribution is 2.43. The van der Waals surface area contributed by atoms with E-state index in [2.05, 4.69) is 10.4 Å². The van der Waals surface area contributed by atoms with Gasteiger partial charge in [-0.25, -0.2) is 4.79 Å². The Labute approximate surface area is 199 Å². The van der Waals surface area contributed by atoms with Crippen molar-refractivity contribution in [3.8, 4) is 16.9 Å². The Morgan fingerprint density at radius 2 is 1.94 bits per heavy atom. The van der Waals surface area contributed by atoms with Gasteiger partial charge in [0.15, 0.2) is 6.61 Å². The monoisotopic (exact) mass is 467 g/mol. The second-order valence-electron chi connectivity index (χ2n) is 9.55. The van der Waals surface area contributed by atoms with Gasteiger partial charge in [0.1, 0.15) is 5.75 Å². The maximum atomic E-state index is 12.7. The molecule has 2 fully saturated rings. The van der Waals surface area contributed by atoms with Crippen LogP contribution in [0.25, 0.3) is 11.1 Å². The molecule has 0 aliphatic carbocycles. The highest BCUT2D eigenvalue weighted by Gasteiger charge is 2.32. The molecule has 1 atom stereocenters. The first-order valence-corrected chi connectivity index (χ1v) is 12.4. The number of amides is 2. The summed E-state index contributed by atoms with van der Waals surface area (Å²) in [5, 5.41) is 17.9. The average molecular weight is 468 g/mol. The van der Waals surface area contributed by atoms with E-state index in [1.807, 2.05) is 41.0 Å². The summed E-state index contributed by atoms with van der Waals surface area (Å²) in [7, 11) is 0. The fourth-order valence-electron chi connectivity index (χ4n) is 5.43. The van der Waals surface area contributed by atoms with Gasteiger partial charge in [0.05, 0.1) is 17.9 Å². The molecule has 0 bridgehead atoms. The average Bonchev–Trinajstić information content (AvgIpc) is 3.55. The predicted molar refractivity (Wildman–Crippen MR) is 128 cm³/mol. The van der Waals surface area contributed by atoms with E-state index in [0.717, 1.165) is 68.6 Å². The maximum Gasteiger partial charge on any atom is 0.412 e. The number of ether oxygens (including phenoxy) is 1. The van der Waals surface area contributed by atoms with Gasteiger partial charge in [-0.1, -0.05) is 0 Å². The summed E-state index contributed by atoms with van der Waals surface area (Å²) in [6.45, 7) is 5.38. The predicted octanol–water partition coefficient (Wildman–Crippen LogP) is 3.29. The molecule has 3 aliphatic rings. The van der Waals surface area contributed by atoms with E-state index in [4.69, 9.17) is 4.74 Å². The van der Waals surface area contributed by atoms with E-state index in [9.17, 15) is 14.7 Å². The zero-order valence-electron chi connectivity index (χ0n) is 19.7. The van der Waals surface area contributed by atoms with Crippen LogP contribution in [0, 0.1) is 0 Å². The van der Waals surface area contributed by atoms with Crippen LogP contribution in [0.5, 0.6) is 5.75 Å². The molecular weight excluding hydrogens is 434 g/mol. The number of carboxylic acid groups (broad SMARTS) is 1. The van der Waals surface area contributed by atoms with Crippen molar-refractivity contribution in [1.82, 2.24) is 20.0 Å². The fraction of sp³-hybridized carbons (Fsp3) is 0.560. The van der Waals surface area contributed by atoms with E-state index in [1.165, 1.54) is 4.90 Å². The fourth-order valence-corrected chi connectivity index (χ4v) is 5.43. The van der Waals surface area contributed by atoms with Crippen LogP contribution < -0.4 is 15.0 Å². The minimum Gasteiger partial charge on any atom is -0.483 e. The van der Waals surface area contributed by atoms with Crippen molar-refractivity contribution in [3.63, 3.8) is 0 Å². The van der Waals surface area contributed by atoms with Gasteiger partial charge >= 0.3 is 6.09 Å². The molecule has 5 rings (SSSR count). The van der Waals surface area contributed by atoms with Crippen LogP contribution in [-0.2, 0) is 11.2 Å². The largest absolute Gasteiger partial charge is 0.483 e. The lowest BCUT2D eigenvalue weighted by Gasteiger charge is -2.34. The van der Waals surface area contributed by atoms with Crippen LogP contribution in [0.2, 0.25) is 0 Å². The van der Waals surface area contributed by atoms with Gasteiger partial charge in [-0.2, -0.15) is 5.10 Å². The molecule has 34 heavy (non-hydrogen) atoms. The second-order valence-corrected chi connectivity index (χ2v) is 9.55. The number of benzene rings is 1. The van der Waals surface area contributed by atoms with Gasteiger partial charge in [-0.05, 0) is 70.7 Å². The molecule has 2 amide bonds. The summed E-state index contributed by atoms with van der Waals surface area (Å²) in [5.74, 6) is 0.582. The van der Waals surface area contributed by atoms with Gasteiger partial charge in [0.2, 0.25) is 0 Å². The zero-order chi connectivity index (χ0) is 23.7. The summed E-state index contributed by atoms with van der Waals surface area (Å²) in [4.78, 5) is 28.0. The third-order valence-corrected chi connectivity index (χ3v) is 7.35. The Morgan fingerprint density at radius 3 is 2.68 bits per heavy atom. The van der Waals surface area contributed by atoms with Gasteiger partial charge in [-0.15, -0.1) is 0 Å². The van der Waals surface area contributed by atoms with Gasteiger partial charge in [0, 0.05) is 42.0 Å². The van der Waals surface area contributed by atoms with Crippen LogP contribution in [-0.4, -0.2) is 70.6 Å². The van der Waals surface area contributed by atoms with Crippen molar-refractivity contribution < 1.29 is 19.4 Å². The van der Waals surface area contributed by atoms with Crippen molar-refractivity contribution in [3.05, 3.63) is 30.1 Å². The lowest BCUT2D eigenvalue weighted by Crippen LogP contribution is -2.41. The lowest BCUT2D eigenvalue weighted by atomic mass is 9.92. The molecule has 2 N–H and O–H groups in total. The van der Waals surface area contributed by atoms with Crippen LogP contribution in [0.4, 0.5) is 10.5 Å². The molecule has 4 heterocycles. The van der Waals surface area contributed by atoms with Crippen LogP contribution in [0.3, 0.4) is 0 Å². The number of aromatic nitrogens is 2. The minimum absolute atomic E-state index is 0.0225. The van der Waals surface area contributed by atoms with Crippen LogP contribution in [0.15, 0.2) is 24.5 Å². The van der Waals surface area contributed by atoms with Gasteiger partial charge in [-0.3, -0.25) is 14.4 Å². The molecule has 2 saturated heterocycles. The van der Waals surface area contributed by atoms with E-state index in [-0.39, 0.29) is 18.6 Å². The lowest BCUT2D eigenvalue weighted by molar-refractivity contribution is -0.132. The molecule has 0 spiro atoms. The summed E-state index contributed by atoms with van der Waals surface area (Å²) < 4.78 is 8.25. The number of carbonyl (C=O) groups excluding carboxylic acids is 1. The number of anilines is 1. The van der Waals surface area contributed by atoms with E-state index in [0.29, 0.717) is 30.3 Å². The first-order valence-electron chi connectivity index (χ1n) is 12.4. The van der Waals surface area contributed by atoms with Crippen LogP contribution >= 0.6 is 0 Å². The number of carbonyl (C=O) groups is 2. The number of nitrogens with one attached hydrogen (secondary N) is 1. The maximum absolute atomic E-state index is 12.7. The third kappa shape index (κ3) is 4.36. The summed E-state index contributed by atoms with van der Waals surface area (Å²) in [6.07, 6.45) is 8.44. The molecule has 1 aromatic carbocycles. The molecule has 9 nitrogen and oxygen atoms in total. The molecule has 3 aliphatic heterocycles. The Morgan fingerprint density at radius 1 is 1.18 bits per heavy atom. The topological polar surface area (TPSA) is 99.9 Å². The number of piperidine rings is 1. The number of hydrogen-bond acceptors (Lipinski definition) is 5. The van der Waals surface area contributed by atoms with Crippen LogP contribution in [0.1, 0.15) is 50.6 Å². The first kappa shape index (κ1) is 22.7. The van der Waals surface area contributed by atoms with Crippen molar-refractivity contribution in [2.24, 2.45) is 0 Å². The Hall–Kier alpha value is -3.07. The second kappa shape index (κ2) is 9.66. The van der Waals surface area contributed by atoms with Crippen molar-refractivity contribution in [1.29, 1.82) is 0 Å². The molecule has 182 valence electrons. The SMILES string of the molecule is C[C@H]1CCc2c(ccc(-c3cnn(C4CCNCC4)c3)c2OCC(=O)N2CCCC2)N1C(=O)O. The zero-order valence-corrected chi connectivity index (χ0v) is 19.7. The molecule has 0 saturated carbocycles. The molecule has 9 heteroatoms. The van der Waals surface area contributed by atoms with E-state index < -0.39 is 6.09 Å². The van der Waals surface area contributed by atoms with E-state index in [1.54, 1.807) is 0 Å². The number of hydrogen-bond donors (Lipinski definition) is 2. The molecule has 0 radical (unpaired) electrons. The smallest absolute Gasteiger partial charge is 0.412 e. The first-order chi connectivity index (χ1) is 16.5. The highest BCUT2D eigenvalue weighted by molar-refractivity contribution is 5.91. The van der Waals surface area contributed by atoms with Crippen molar-refractivity contribution >= 4 is 17.7 Å². The Balaban J connectivity index is 1.50. The third-order valence-electron chi connectivity index (χ3n) is 7.35. The molecule has 1 aromatic heterocycles. The Kier molecular flexibility index (Phi) is 6.45. The number of rotatable bonds is 5. The van der Waals surface area contributed by atoms with Crippen molar-refractivity contribution in [2.75, 3.05) is 37.7 Å². The number of likely N-dealkylation sites (tertiary alicyclic amines) is 1. The summed E-state index contributed by atoms with van der Waals surface area (Å²) >= 11 is 0. The van der Waals surface area contributed by atoms with E-state index >= 15 is 0 Å². The quantitative estimate of drug-likeness (QED) is 0.700. The molecular formula is C25H33N5O4. The van der Waals surface area contributed by atoms with Gasteiger partial charge in [0.25, 0.3) is 5.91 Å². The summed E-state index contributed by atoms with van der Waals surface area (Å²) in [6, 6.07) is 4.02. The number of nitrogens with zero attached hydrogens (tertiary/aromatic N) is 4. The minimum atomic E-state index is -0.973. The Bertz CT molecular complexity index is 1060. The number of fused-ring (bicyclic) bond motifs is 1. The normalized spacial score (nSPS) is 20.9. The molecule has 2 aromatic rings. The standard InChI is InChI=1S/C25H33N5O4/c1-17-4-5-21-22(30(17)25(32)33)7-6-20(24(21)34-16-23(31)28-12-2-3-13-28)18-14-27-29(15-18)19-8-10-26-11-9-19/h6-7,14-15,17,19,26H,2-5,8-13,16H2,1H3,(H,32,33)/t17-/m0/s1. The molecule has 0 unspecified atom stereocenters. The summed E-state index contributed by atoms with van der Waals surface area (Å²) in [5.41, 5.74) is 3.27. The highest BCUT2D eigenvalue weighted by atomic mass is 16.5.